The van der Waals surface area contributed by atoms with Crippen LogP contribution in [-0.4, -0.2) is 23.0 Å². The molecule has 1 aliphatic rings. The van der Waals surface area contributed by atoms with Gasteiger partial charge < -0.3 is 0 Å². The summed E-state index contributed by atoms with van der Waals surface area (Å²) in [7, 11) is 0. The first-order valence-corrected chi connectivity index (χ1v) is 7.40. The molecular formula is C16H31N. The number of hydrogen-bond acceptors (Lipinski definition) is 1. The first kappa shape index (κ1) is 14.8. The standard InChI is InChI=1S/C16H31N/c1-6-10-14-12-8-9-13-17(16(3,4)5)15(14)11-7-2/h6,10,14-15H,7-9,11-13H2,1-5H3/b10-6-. The summed E-state index contributed by atoms with van der Waals surface area (Å²) < 4.78 is 0. The van der Waals surface area contributed by atoms with Crippen molar-refractivity contribution in [2.24, 2.45) is 5.92 Å². The van der Waals surface area contributed by atoms with E-state index < -0.39 is 0 Å². The maximum atomic E-state index is 2.76. The van der Waals surface area contributed by atoms with Crippen molar-refractivity contribution >= 4 is 0 Å². The van der Waals surface area contributed by atoms with Crippen molar-refractivity contribution in [3.63, 3.8) is 0 Å². The van der Waals surface area contributed by atoms with E-state index in [0.29, 0.717) is 5.54 Å². The smallest absolute Gasteiger partial charge is 0.0163 e. The molecule has 17 heavy (non-hydrogen) atoms. The summed E-state index contributed by atoms with van der Waals surface area (Å²) in [6.07, 6.45) is 11.5. The van der Waals surface area contributed by atoms with Gasteiger partial charge in [-0.3, -0.25) is 4.90 Å². The van der Waals surface area contributed by atoms with Gasteiger partial charge in [0.1, 0.15) is 0 Å². The molecule has 1 nitrogen and oxygen atoms in total. The summed E-state index contributed by atoms with van der Waals surface area (Å²) in [6.45, 7) is 12.9. The van der Waals surface area contributed by atoms with E-state index in [2.05, 4.69) is 51.7 Å². The van der Waals surface area contributed by atoms with Gasteiger partial charge >= 0.3 is 0 Å². The van der Waals surface area contributed by atoms with Crippen LogP contribution in [-0.2, 0) is 0 Å². The largest absolute Gasteiger partial charge is 0.295 e. The van der Waals surface area contributed by atoms with Gasteiger partial charge in [0, 0.05) is 11.6 Å². The molecule has 0 aromatic rings. The number of nitrogens with zero attached hydrogens (tertiary/aromatic N) is 1. The molecule has 0 aromatic carbocycles. The molecule has 0 N–H and O–H groups in total. The molecule has 1 heterocycles. The third-order valence-electron chi connectivity index (χ3n) is 3.97. The van der Waals surface area contributed by atoms with Crippen molar-refractivity contribution in [3.8, 4) is 0 Å². The van der Waals surface area contributed by atoms with E-state index in [4.69, 9.17) is 0 Å². The lowest BCUT2D eigenvalue weighted by Crippen LogP contribution is -2.50. The second-order valence-corrected chi connectivity index (χ2v) is 6.41. The van der Waals surface area contributed by atoms with E-state index in [1.807, 2.05) is 0 Å². The van der Waals surface area contributed by atoms with E-state index in [0.717, 1.165) is 12.0 Å². The summed E-state index contributed by atoms with van der Waals surface area (Å²) in [5.41, 5.74) is 0.310. The van der Waals surface area contributed by atoms with Gasteiger partial charge in [0.05, 0.1) is 0 Å². The molecule has 1 fully saturated rings. The summed E-state index contributed by atoms with van der Waals surface area (Å²) >= 11 is 0. The minimum atomic E-state index is 0.310. The average Bonchev–Trinajstić information content (AvgIpc) is 2.42. The molecule has 1 heteroatoms. The van der Waals surface area contributed by atoms with Crippen LogP contribution in [0.25, 0.3) is 0 Å². The second-order valence-electron chi connectivity index (χ2n) is 6.41. The fourth-order valence-corrected chi connectivity index (χ4v) is 3.22. The Morgan fingerprint density at radius 1 is 1.24 bits per heavy atom. The predicted octanol–water partition coefficient (Wildman–Crippen LogP) is 4.63. The van der Waals surface area contributed by atoms with Gasteiger partial charge in [-0.1, -0.05) is 31.9 Å². The number of hydrogen-bond donors (Lipinski definition) is 0. The van der Waals surface area contributed by atoms with E-state index >= 15 is 0 Å². The molecule has 1 aliphatic heterocycles. The highest BCUT2D eigenvalue weighted by Crippen LogP contribution is 2.32. The molecule has 2 atom stereocenters. The van der Waals surface area contributed by atoms with Crippen molar-refractivity contribution in [2.75, 3.05) is 6.54 Å². The fraction of sp³-hybridized carbons (Fsp3) is 0.875. The molecule has 1 saturated heterocycles. The van der Waals surface area contributed by atoms with E-state index in [1.165, 1.54) is 38.6 Å². The average molecular weight is 237 g/mol. The van der Waals surface area contributed by atoms with E-state index in [9.17, 15) is 0 Å². The zero-order valence-electron chi connectivity index (χ0n) is 12.5. The second kappa shape index (κ2) is 6.58. The Bertz CT molecular complexity index is 236. The zero-order chi connectivity index (χ0) is 12.9. The molecule has 0 aromatic heterocycles. The van der Waals surface area contributed by atoms with Gasteiger partial charge in [0.2, 0.25) is 0 Å². The molecular weight excluding hydrogens is 206 g/mol. The summed E-state index contributed by atoms with van der Waals surface area (Å²) in [5, 5.41) is 0. The number of likely N-dealkylation sites (tertiary alicyclic amines) is 1. The van der Waals surface area contributed by atoms with Crippen molar-refractivity contribution < 1.29 is 0 Å². The Labute approximate surface area is 108 Å². The van der Waals surface area contributed by atoms with Crippen LogP contribution in [0.1, 0.15) is 66.7 Å². The van der Waals surface area contributed by atoms with Gasteiger partial charge in [-0.05, 0) is 59.4 Å². The molecule has 0 aliphatic carbocycles. The first-order chi connectivity index (χ1) is 8.00. The molecule has 1 rings (SSSR count). The molecule has 2 unspecified atom stereocenters. The SMILES string of the molecule is C/C=C\C1CCCCN(C(C)(C)C)C1CCC. The van der Waals surface area contributed by atoms with Crippen LogP contribution < -0.4 is 0 Å². The zero-order valence-corrected chi connectivity index (χ0v) is 12.5. The Balaban J connectivity index is 2.90. The fourth-order valence-electron chi connectivity index (χ4n) is 3.22. The Morgan fingerprint density at radius 2 is 1.94 bits per heavy atom. The molecule has 100 valence electrons. The van der Waals surface area contributed by atoms with Gasteiger partial charge in [0.15, 0.2) is 0 Å². The van der Waals surface area contributed by atoms with E-state index in [1.54, 1.807) is 0 Å². The first-order valence-electron chi connectivity index (χ1n) is 7.40. The Kier molecular flexibility index (Phi) is 5.72. The van der Waals surface area contributed by atoms with Gasteiger partial charge in [-0.2, -0.15) is 0 Å². The van der Waals surface area contributed by atoms with Gasteiger partial charge in [-0.25, -0.2) is 0 Å². The van der Waals surface area contributed by atoms with Crippen LogP contribution in [0.3, 0.4) is 0 Å². The monoisotopic (exact) mass is 237 g/mol. The topological polar surface area (TPSA) is 3.24 Å². The maximum Gasteiger partial charge on any atom is 0.0163 e. The number of rotatable bonds is 3. The quantitative estimate of drug-likeness (QED) is 0.647. The van der Waals surface area contributed by atoms with E-state index in [-0.39, 0.29) is 0 Å². The Morgan fingerprint density at radius 3 is 2.47 bits per heavy atom. The predicted molar refractivity (Wildman–Crippen MR) is 77.3 cm³/mol. The molecule has 0 saturated carbocycles. The molecule has 0 amide bonds. The van der Waals surface area contributed by atoms with Crippen LogP contribution in [0.15, 0.2) is 12.2 Å². The summed E-state index contributed by atoms with van der Waals surface area (Å²) in [5.74, 6) is 0.765. The molecule has 0 spiro atoms. The lowest BCUT2D eigenvalue weighted by Gasteiger charge is -2.43. The van der Waals surface area contributed by atoms with Crippen LogP contribution in [0.5, 0.6) is 0 Å². The van der Waals surface area contributed by atoms with Crippen LogP contribution in [0.2, 0.25) is 0 Å². The molecule has 0 radical (unpaired) electrons. The summed E-state index contributed by atoms with van der Waals surface area (Å²) in [6, 6.07) is 0.749. The van der Waals surface area contributed by atoms with Gasteiger partial charge in [-0.15, -0.1) is 0 Å². The van der Waals surface area contributed by atoms with Crippen LogP contribution >= 0.6 is 0 Å². The third kappa shape index (κ3) is 4.13. The Hall–Kier alpha value is -0.300. The summed E-state index contributed by atoms with van der Waals surface area (Å²) in [4.78, 5) is 2.76. The van der Waals surface area contributed by atoms with Gasteiger partial charge in [0.25, 0.3) is 0 Å². The highest BCUT2D eigenvalue weighted by atomic mass is 15.2. The van der Waals surface area contributed by atoms with Crippen molar-refractivity contribution in [2.45, 2.75) is 78.3 Å². The minimum absolute atomic E-state index is 0.310. The van der Waals surface area contributed by atoms with Crippen LogP contribution in [0, 0.1) is 5.92 Å². The highest BCUT2D eigenvalue weighted by molar-refractivity contribution is 4.98. The normalized spacial score (nSPS) is 28.5. The highest BCUT2D eigenvalue weighted by Gasteiger charge is 2.33. The van der Waals surface area contributed by atoms with Crippen molar-refractivity contribution in [1.82, 2.24) is 4.90 Å². The third-order valence-corrected chi connectivity index (χ3v) is 3.97. The van der Waals surface area contributed by atoms with Crippen molar-refractivity contribution in [3.05, 3.63) is 12.2 Å². The minimum Gasteiger partial charge on any atom is -0.295 e. The number of allylic oxidation sites excluding steroid dienone is 1. The lowest BCUT2D eigenvalue weighted by molar-refractivity contribution is 0.0633. The lowest BCUT2D eigenvalue weighted by atomic mass is 9.88. The van der Waals surface area contributed by atoms with Crippen LogP contribution in [0.4, 0.5) is 0 Å². The van der Waals surface area contributed by atoms with Crippen molar-refractivity contribution in [1.29, 1.82) is 0 Å². The maximum absolute atomic E-state index is 2.76. The molecule has 0 bridgehead atoms.